The molecule has 0 bridgehead atoms. The van der Waals surface area contributed by atoms with Crippen LogP contribution in [-0.4, -0.2) is 17.3 Å². The average Bonchev–Trinajstić information content (AvgIpc) is 2.77. The van der Waals surface area contributed by atoms with E-state index in [-0.39, 0.29) is 10.9 Å². The monoisotopic (exact) mass is 291 g/mol. The Balaban J connectivity index is 2.17. The third-order valence-corrected chi connectivity index (χ3v) is 2.90. The van der Waals surface area contributed by atoms with Crippen LogP contribution in [0, 0.1) is 0 Å². The molecule has 2 rings (SSSR count). The quantitative estimate of drug-likeness (QED) is 0.880. The number of methoxy groups -OCH3 is 1. The molecule has 5 nitrogen and oxygen atoms in total. The fraction of sp³-hybridized carbons (Fsp3) is 0.200. The highest BCUT2D eigenvalue weighted by Crippen LogP contribution is 2.36. The first-order valence-electron chi connectivity index (χ1n) is 4.92. The van der Waals surface area contributed by atoms with E-state index < -0.39 is 11.2 Å². The molecule has 0 saturated carbocycles. The van der Waals surface area contributed by atoms with Crippen LogP contribution in [0.25, 0.3) is 0 Å². The number of alkyl halides is 3. The summed E-state index contributed by atoms with van der Waals surface area (Å²) in [7, 11) is 1.45. The number of nitrogen functional groups attached to an aromatic ring is 1. The normalized spacial score (nSPS) is 11.4. The molecule has 0 atom stereocenters. The van der Waals surface area contributed by atoms with E-state index in [0.29, 0.717) is 22.8 Å². The summed E-state index contributed by atoms with van der Waals surface area (Å²) in [6.07, 6.45) is -4.53. The maximum atomic E-state index is 12.3. The van der Waals surface area contributed by atoms with Crippen molar-refractivity contribution in [2.45, 2.75) is 6.18 Å². The fourth-order valence-corrected chi connectivity index (χ4v) is 1.82. The molecule has 0 fully saturated rings. The Bertz CT molecular complexity index is 586. The van der Waals surface area contributed by atoms with Crippen molar-refractivity contribution in [2.24, 2.45) is 0 Å². The Morgan fingerprint density at radius 3 is 2.53 bits per heavy atom. The molecular formula is C10H8F3N3O2S. The second kappa shape index (κ2) is 4.92. The smallest absolute Gasteiger partial charge is 0.445 e. The van der Waals surface area contributed by atoms with E-state index in [0.717, 1.165) is 0 Å². The number of anilines is 1. The summed E-state index contributed by atoms with van der Waals surface area (Å²) in [5.74, 6) is 0.698. The Hall–Kier alpha value is -2.03. The van der Waals surface area contributed by atoms with Gasteiger partial charge in [0, 0.05) is 6.07 Å². The zero-order chi connectivity index (χ0) is 14.0. The topological polar surface area (TPSA) is 70.3 Å². The molecule has 9 heteroatoms. The van der Waals surface area contributed by atoms with Crippen LogP contribution >= 0.6 is 11.3 Å². The highest BCUT2D eigenvalue weighted by molar-refractivity contribution is 7.13. The van der Waals surface area contributed by atoms with Crippen molar-refractivity contribution in [3.05, 3.63) is 23.2 Å². The van der Waals surface area contributed by atoms with Gasteiger partial charge in [-0.15, -0.1) is 5.10 Å². The highest BCUT2D eigenvalue weighted by atomic mass is 32.1. The van der Waals surface area contributed by atoms with Crippen LogP contribution in [-0.2, 0) is 6.18 Å². The molecule has 0 unspecified atom stereocenters. The molecule has 1 aromatic carbocycles. The van der Waals surface area contributed by atoms with Crippen molar-refractivity contribution >= 4 is 17.0 Å². The van der Waals surface area contributed by atoms with E-state index in [2.05, 4.69) is 10.2 Å². The van der Waals surface area contributed by atoms with Gasteiger partial charge in [-0.05, 0) is 12.1 Å². The van der Waals surface area contributed by atoms with Gasteiger partial charge in [0.25, 0.3) is 5.19 Å². The summed E-state index contributed by atoms with van der Waals surface area (Å²) in [5, 5.41) is 5.03. The van der Waals surface area contributed by atoms with Crippen LogP contribution in [0.1, 0.15) is 5.01 Å². The largest absolute Gasteiger partial charge is 0.495 e. The summed E-state index contributed by atoms with van der Waals surface area (Å²) in [5.41, 5.74) is 5.95. The lowest BCUT2D eigenvalue weighted by Gasteiger charge is -2.06. The first-order chi connectivity index (χ1) is 8.90. The third-order valence-electron chi connectivity index (χ3n) is 2.06. The van der Waals surface area contributed by atoms with Gasteiger partial charge in [-0.1, -0.05) is 16.4 Å². The standard InChI is InChI=1S/C10H8F3N3O2S/c1-17-7-3-2-5(4-6(7)14)18-9-16-15-8(19-9)10(11,12)13/h2-4H,14H2,1H3. The van der Waals surface area contributed by atoms with Crippen molar-refractivity contribution < 1.29 is 22.6 Å². The van der Waals surface area contributed by atoms with Crippen molar-refractivity contribution in [1.82, 2.24) is 10.2 Å². The number of ether oxygens (including phenoxy) is 2. The first-order valence-corrected chi connectivity index (χ1v) is 5.74. The molecule has 0 saturated heterocycles. The van der Waals surface area contributed by atoms with Gasteiger partial charge in [0.15, 0.2) is 0 Å². The Labute approximate surface area is 109 Å². The molecular weight excluding hydrogens is 283 g/mol. The van der Waals surface area contributed by atoms with Gasteiger partial charge < -0.3 is 15.2 Å². The summed E-state index contributed by atoms with van der Waals surface area (Å²) in [6, 6.07) is 4.47. The van der Waals surface area contributed by atoms with Gasteiger partial charge in [0.1, 0.15) is 11.5 Å². The molecule has 19 heavy (non-hydrogen) atoms. The summed E-state index contributed by atoms with van der Waals surface area (Å²) >= 11 is 0.309. The van der Waals surface area contributed by atoms with Crippen molar-refractivity contribution in [2.75, 3.05) is 12.8 Å². The SMILES string of the molecule is COc1ccc(Oc2nnc(C(F)(F)F)s2)cc1N. The minimum atomic E-state index is -4.53. The maximum Gasteiger partial charge on any atom is 0.445 e. The van der Waals surface area contributed by atoms with Crippen LogP contribution in [0.4, 0.5) is 18.9 Å². The number of hydrogen-bond donors (Lipinski definition) is 1. The molecule has 0 aliphatic rings. The second-order valence-corrected chi connectivity index (χ2v) is 4.32. The lowest BCUT2D eigenvalue weighted by atomic mass is 10.3. The van der Waals surface area contributed by atoms with Crippen LogP contribution in [0.15, 0.2) is 18.2 Å². The fourth-order valence-electron chi connectivity index (χ4n) is 1.24. The number of benzene rings is 1. The lowest BCUT2D eigenvalue weighted by Crippen LogP contribution is -2.03. The number of hydrogen-bond acceptors (Lipinski definition) is 6. The summed E-state index contributed by atoms with van der Waals surface area (Å²) < 4.78 is 47.0. The first kappa shape index (κ1) is 13.4. The van der Waals surface area contributed by atoms with E-state index in [4.69, 9.17) is 15.2 Å². The molecule has 0 amide bonds. The summed E-state index contributed by atoms with van der Waals surface area (Å²) in [6.45, 7) is 0. The Kier molecular flexibility index (Phi) is 3.47. The van der Waals surface area contributed by atoms with Gasteiger partial charge in [0.05, 0.1) is 12.8 Å². The van der Waals surface area contributed by atoms with E-state index in [1.807, 2.05) is 0 Å². The minimum absolute atomic E-state index is 0.211. The molecule has 1 aromatic heterocycles. The van der Waals surface area contributed by atoms with Crippen LogP contribution in [0.3, 0.4) is 0 Å². The van der Waals surface area contributed by atoms with Crippen molar-refractivity contribution in [3.8, 4) is 16.7 Å². The lowest BCUT2D eigenvalue weighted by molar-refractivity contribution is -0.138. The van der Waals surface area contributed by atoms with Crippen molar-refractivity contribution in [1.29, 1.82) is 0 Å². The molecule has 0 aliphatic carbocycles. The van der Waals surface area contributed by atoms with Gasteiger partial charge >= 0.3 is 6.18 Å². The zero-order valence-electron chi connectivity index (χ0n) is 9.56. The average molecular weight is 291 g/mol. The number of halogens is 3. The number of nitrogens with two attached hydrogens (primary N) is 1. The van der Waals surface area contributed by atoms with E-state index in [9.17, 15) is 13.2 Å². The van der Waals surface area contributed by atoms with E-state index >= 15 is 0 Å². The Morgan fingerprint density at radius 1 is 1.26 bits per heavy atom. The molecule has 0 aliphatic heterocycles. The third kappa shape index (κ3) is 3.05. The van der Waals surface area contributed by atoms with Crippen molar-refractivity contribution in [3.63, 3.8) is 0 Å². The predicted molar refractivity (Wildman–Crippen MR) is 62.4 cm³/mol. The van der Waals surface area contributed by atoms with E-state index in [1.54, 1.807) is 0 Å². The molecule has 2 aromatic rings. The Morgan fingerprint density at radius 2 is 2.00 bits per heavy atom. The number of aromatic nitrogens is 2. The van der Waals surface area contributed by atoms with Gasteiger partial charge in [-0.3, -0.25) is 0 Å². The van der Waals surface area contributed by atoms with Gasteiger partial charge in [0.2, 0.25) is 5.01 Å². The summed E-state index contributed by atoms with van der Waals surface area (Å²) in [4.78, 5) is 0. The molecule has 0 radical (unpaired) electrons. The molecule has 2 N–H and O–H groups in total. The van der Waals surface area contributed by atoms with E-state index in [1.165, 1.54) is 25.3 Å². The molecule has 1 heterocycles. The van der Waals surface area contributed by atoms with Gasteiger partial charge in [-0.2, -0.15) is 13.2 Å². The molecule has 0 spiro atoms. The minimum Gasteiger partial charge on any atom is -0.495 e. The number of rotatable bonds is 3. The zero-order valence-corrected chi connectivity index (χ0v) is 10.4. The maximum absolute atomic E-state index is 12.3. The second-order valence-electron chi connectivity index (χ2n) is 3.38. The predicted octanol–water partition coefficient (Wildman–Crippen LogP) is 2.94. The number of nitrogens with zero attached hydrogens (tertiary/aromatic N) is 2. The van der Waals surface area contributed by atoms with Crippen LogP contribution in [0.5, 0.6) is 16.7 Å². The molecule has 102 valence electrons. The van der Waals surface area contributed by atoms with Crippen LogP contribution < -0.4 is 15.2 Å². The highest BCUT2D eigenvalue weighted by Gasteiger charge is 2.36. The van der Waals surface area contributed by atoms with Crippen LogP contribution in [0.2, 0.25) is 0 Å². The van der Waals surface area contributed by atoms with Gasteiger partial charge in [-0.25, -0.2) is 0 Å².